The number of rotatable bonds is 10. The van der Waals surface area contributed by atoms with Gasteiger partial charge in [0.15, 0.2) is 11.5 Å². The Morgan fingerprint density at radius 2 is 1.56 bits per heavy atom. The number of ether oxygens (including phenoxy) is 3. The summed E-state index contributed by atoms with van der Waals surface area (Å²) in [5.41, 5.74) is 1.52. The van der Waals surface area contributed by atoms with Gasteiger partial charge < -0.3 is 24.4 Å². The molecule has 0 radical (unpaired) electrons. The predicted octanol–water partition coefficient (Wildman–Crippen LogP) is 3.60. The third-order valence-electron chi connectivity index (χ3n) is 5.93. The number of methoxy groups -OCH3 is 3. The maximum absolute atomic E-state index is 13.3. The van der Waals surface area contributed by atoms with Crippen LogP contribution in [0.15, 0.2) is 35.2 Å². The molecule has 1 fully saturated rings. The summed E-state index contributed by atoms with van der Waals surface area (Å²) in [4.78, 5) is 15.6. The van der Waals surface area contributed by atoms with E-state index in [-0.39, 0.29) is 4.90 Å². The van der Waals surface area contributed by atoms with Crippen molar-refractivity contribution >= 4 is 27.3 Å². The molecule has 0 bridgehead atoms. The van der Waals surface area contributed by atoms with Crippen LogP contribution in [0.1, 0.15) is 37.0 Å². The highest BCUT2D eigenvalue weighted by atomic mass is 32.2. The minimum atomic E-state index is -3.69. The van der Waals surface area contributed by atoms with E-state index in [4.69, 9.17) is 14.2 Å². The van der Waals surface area contributed by atoms with Crippen LogP contribution in [0.5, 0.6) is 17.2 Å². The lowest BCUT2D eigenvalue weighted by Crippen LogP contribution is -2.31. The van der Waals surface area contributed by atoms with Crippen LogP contribution in [-0.2, 0) is 10.0 Å². The second kappa shape index (κ2) is 11.0. The maximum Gasteiger partial charge on any atom is 0.255 e. The van der Waals surface area contributed by atoms with E-state index in [0.717, 1.165) is 31.6 Å². The number of benzene rings is 2. The second-order valence-corrected chi connectivity index (χ2v) is 9.77. The lowest BCUT2D eigenvalue weighted by Gasteiger charge is -2.24. The molecular formula is C24H33N3O6S. The molecule has 186 valence electrons. The zero-order valence-electron chi connectivity index (χ0n) is 20.4. The topological polar surface area (TPSA) is 97.4 Å². The summed E-state index contributed by atoms with van der Waals surface area (Å²) in [5, 5.41) is 2.92. The minimum Gasteiger partial charge on any atom is -0.493 e. The largest absolute Gasteiger partial charge is 0.493 e. The third-order valence-corrected chi connectivity index (χ3v) is 7.98. The van der Waals surface area contributed by atoms with Crippen molar-refractivity contribution < 1.29 is 27.4 Å². The van der Waals surface area contributed by atoms with E-state index < -0.39 is 15.9 Å². The molecule has 0 spiro atoms. The van der Waals surface area contributed by atoms with Gasteiger partial charge in [0.2, 0.25) is 15.8 Å². The van der Waals surface area contributed by atoms with Crippen molar-refractivity contribution in [1.82, 2.24) is 4.31 Å². The average Bonchev–Trinajstić information content (AvgIpc) is 3.38. The highest BCUT2D eigenvalue weighted by molar-refractivity contribution is 7.89. The van der Waals surface area contributed by atoms with E-state index in [0.29, 0.717) is 41.6 Å². The molecule has 1 aliphatic rings. The second-order valence-electron chi connectivity index (χ2n) is 7.83. The predicted molar refractivity (Wildman–Crippen MR) is 132 cm³/mol. The van der Waals surface area contributed by atoms with E-state index in [1.807, 2.05) is 0 Å². The summed E-state index contributed by atoms with van der Waals surface area (Å²) in [6.45, 7) is 6.00. The van der Waals surface area contributed by atoms with Crippen LogP contribution in [0, 0.1) is 0 Å². The number of carbonyl (C=O) groups is 1. The molecule has 1 N–H and O–H groups in total. The van der Waals surface area contributed by atoms with Crippen LogP contribution in [0.3, 0.4) is 0 Å². The molecule has 34 heavy (non-hydrogen) atoms. The maximum atomic E-state index is 13.3. The molecule has 2 aromatic carbocycles. The lowest BCUT2D eigenvalue weighted by molar-refractivity contribution is 0.102. The molecule has 0 saturated carbocycles. The Bertz CT molecular complexity index is 1100. The van der Waals surface area contributed by atoms with Gasteiger partial charge in [0.05, 0.1) is 37.6 Å². The van der Waals surface area contributed by atoms with Gasteiger partial charge in [0.1, 0.15) is 0 Å². The number of hydrogen-bond donors (Lipinski definition) is 1. The fourth-order valence-electron chi connectivity index (χ4n) is 4.13. The smallest absolute Gasteiger partial charge is 0.255 e. The summed E-state index contributed by atoms with van der Waals surface area (Å²) in [5.74, 6) is 0.665. The fraction of sp³-hybridized carbons (Fsp3) is 0.458. The van der Waals surface area contributed by atoms with E-state index in [1.165, 1.54) is 31.7 Å². The van der Waals surface area contributed by atoms with Crippen LogP contribution >= 0.6 is 0 Å². The number of hydrogen-bond acceptors (Lipinski definition) is 7. The van der Waals surface area contributed by atoms with Gasteiger partial charge in [-0.1, -0.05) is 13.8 Å². The zero-order chi connectivity index (χ0) is 24.9. The summed E-state index contributed by atoms with van der Waals surface area (Å²) in [7, 11) is 0.759. The molecular weight excluding hydrogens is 458 g/mol. The van der Waals surface area contributed by atoms with Crippen LogP contribution in [0.25, 0.3) is 0 Å². The average molecular weight is 492 g/mol. The van der Waals surface area contributed by atoms with Crippen molar-refractivity contribution in [2.75, 3.05) is 57.7 Å². The van der Waals surface area contributed by atoms with Gasteiger partial charge in [-0.3, -0.25) is 4.79 Å². The van der Waals surface area contributed by atoms with Gasteiger partial charge in [0, 0.05) is 31.7 Å². The standard InChI is InChI=1S/C24H33N3O6S/c1-6-27(7-2)34(29,30)18-10-11-20(26-12-8-9-13-26)19(16-18)25-24(28)17-14-21(31-3)23(33-5)22(15-17)32-4/h10-11,14-16H,6-9,12-13H2,1-5H3,(H,25,28). The molecule has 0 aromatic heterocycles. The van der Waals surface area contributed by atoms with Gasteiger partial charge in [0.25, 0.3) is 5.91 Å². The minimum absolute atomic E-state index is 0.138. The molecule has 10 heteroatoms. The molecule has 0 unspecified atom stereocenters. The van der Waals surface area contributed by atoms with Crippen molar-refractivity contribution in [2.45, 2.75) is 31.6 Å². The van der Waals surface area contributed by atoms with Crippen molar-refractivity contribution in [3.05, 3.63) is 35.9 Å². The van der Waals surface area contributed by atoms with E-state index in [2.05, 4.69) is 10.2 Å². The lowest BCUT2D eigenvalue weighted by atomic mass is 10.1. The summed E-state index contributed by atoms with van der Waals surface area (Å²) in [6.07, 6.45) is 2.08. The summed E-state index contributed by atoms with van der Waals surface area (Å²) >= 11 is 0. The Kier molecular flexibility index (Phi) is 8.27. The summed E-state index contributed by atoms with van der Waals surface area (Å²) < 4.78 is 43.7. The Hall–Kier alpha value is -2.98. The molecule has 1 aliphatic heterocycles. The SMILES string of the molecule is CCN(CC)S(=O)(=O)c1ccc(N2CCCC2)c(NC(=O)c2cc(OC)c(OC)c(OC)c2)c1. The number of sulfonamides is 1. The third kappa shape index (κ3) is 5.07. The van der Waals surface area contributed by atoms with Gasteiger partial charge in [-0.05, 0) is 43.2 Å². The molecule has 1 amide bonds. The van der Waals surface area contributed by atoms with Crippen molar-refractivity contribution in [3.8, 4) is 17.2 Å². The zero-order valence-corrected chi connectivity index (χ0v) is 21.2. The number of nitrogens with one attached hydrogen (secondary N) is 1. The van der Waals surface area contributed by atoms with Gasteiger partial charge in [-0.2, -0.15) is 4.31 Å². The highest BCUT2D eigenvalue weighted by Gasteiger charge is 2.26. The van der Waals surface area contributed by atoms with Crippen molar-refractivity contribution in [2.24, 2.45) is 0 Å². The van der Waals surface area contributed by atoms with E-state index in [9.17, 15) is 13.2 Å². The Labute approximate surface area is 201 Å². The monoisotopic (exact) mass is 491 g/mol. The first-order chi connectivity index (χ1) is 16.3. The molecule has 1 saturated heterocycles. The summed E-state index contributed by atoms with van der Waals surface area (Å²) in [6, 6.07) is 8.03. The van der Waals surface area contributed by atoms with Crippen LogP contribution < -0.4 is 24.4 Å². The molecule has 2 aromatic rings. The Balaban J connectivity index is 2.04. The first-order valence-corrected chi connectivity index (χ1v) is 12.7. The number of carbonyl (C=O) groups excluding carboxylic acids is 1. The van der Waals surface area contributed by atoms with Gasteiger partial charge in [-0.25, -0.2) is 8.42 Å². The fourth-order valence-corrected chi connectivity index (χ4v) is 5.61. The molecule has 3 rings (SSSR count). The first kappa shape index (κ1) is 25.6. The molecule has 9 nitrogen and oxygen atoms in total. The normalized spacial score (nSPS) is 13.8. The quantitative estimate of drug-likeness (QED) is 0.542. The Morgan fingerprint density at radius 3 is 2.06 bits per heavy atom. The Morgan fingerprint density at radius 1 is 0.971 bits per heavy atom. The molecule has 0 atom stereocenters. The van der Waals surface area contributed by atoms with Crippen LogP contribution in [0.4, 0.5) is 11.4 Å². The highest BCUT2D eigenvalue weighted by Crippen LogP contribution is 2.39. The number of anilines is 2. The van der Waals surface area contributed by atoms with Crippen LogP contribution in [-0.4, -0.2) is 66.1 Å². The van der Waals surface area contributed by atoms with Crippen LogP contribution in [0.2, 0.25) is 0 Å². The number of nitrogens with zero attached hydrogens (tertiary/aromatic N) is 2. The van der Waals surface area contributed by atoms with Gasteiger partial charge in [-0.15, -0.1) is 0 Å². The number of amides is 1. The van der Waals surface area contributed by atoms with E-state index >= 15 is 0 Å². The van der Waals surface area contributed by atoms with Crippen molar-refractivity contribution in [1.29, 1.82) is 0 Å². The van der Waals surface area contributed by atoms with E-state index in [1.54, 1.807) is 38.1 Å². The van der Waals surface area contributed by atoms with Gasteiger partial charge >= 0.3 is 0 Å². The molecule has 1 heterocycles. The molecule has 0 aliphatic carbocycles. The van der Waals surface area contributed by atoms with Crippen molar-refractivity contribution in [3.63, 3.8) is 0 Å². The first-order valence-electron chi connectivity index (χ1n) is 11.3.